The van der Waals surface area contributed by atoms with Crippen molar-refractivity contribution < 1.29 is 19.2 Å². The minimum Gasteiger partial charge on any atom is -0.272 e. The van der Waals surface area contributed by atoms with Crippen LogP contribution >= 0.6 is 0 Å². The number of imide groups is 2. The summed E-state index contributed by atoms with van der Waals surface area (Å²) in [6.07, 6.45) is 0. The fourth-order valence-electron chi connectivity index (χ4n) is 3.15. The third-order valence-corrected chi connectivity index (χ3v) is 4.68. The first-order valence-corrected chi connectivity index (χ1v) is 7.80. The molecule has 4 rings (SSSR count). The summed E-state index contributed by atoms with van der Waals surface area (Å²) in [5, 5.41) is 0. The predicted molar refractivity (Wildman–Crippen MR) is 89.8 cm³/mol. The van der Waals surface area contributed by atoms with Gasteiger partial charge in [0.15, 0.2) is 0 Å². The average Bonchev–Trinajstić information content (AvgIpc) is 2.59. The molecule has 0 radical (unpaired) electrons. The van der Waals surface area contributed by atoms with Crippen molar-refractivity contribution in [2.45, 2.75) is 13.8 Å². The maximum absolute atomic E-state index is 12.6. The van der Waals surface area contributed by atoms with Gasteiger partial charge in [-0.05, 0) is 38.1 Å². The number of nitrogens with zero attached hydrogens (tertiary/aromatic N) is 2. The summed E-state index contributed by atoms with van der Waals surface area (Å²) in [7, 11) is 0. The number of benzene rings is 2. The van der Waals surface area contributed by atoms with Crippen molar-refractivity contribution in [3.63, 3.8) is 0 Å². The fourth-order valence-corrected chi connectivity index (χ4v) is 3.15. The minimum absolute atomic E-state index is 0.362. The smallest absolute Gasteiger partial charge is 0.272 e. The fraction of sp³-hybridized carbons (Fsp3) is 0.158. The van der Waals surface area contributed by atoms with E-state index in [-0.39, 0.29) is 0 Å². The first-order valence-electron chi connectivity index (χ1n) is 7.80. The van der Waals surface area contributed by atoms with Crippen molar-refractivity contribution >= 4 is 35.0 Å². The number of hydrogen-bond acceptors (Lipinski definition) is 4. The van der Waals surface area contributed by atoms with Crippen LogP contribution in [0.1, 0.15) is 11.1 Å². The van der Waals surface area contributed by atoms with Crippen LogP contribution in [0.5, 0.6) is 0 Å². The summed E-state index contributed by atoms with van der Waals surface area (Å²) in [5.41, 5.74) is 0.483. The summed E-state index contributed by atoms with van der Waals surface area (Å²) in [5.74, 6) is -3.11. The van der Waals surface area contributed by atoms with E-state index in [1.807, 2.05) is 13.8 Å². The lowest BCUT2D eigenvalue weighted by molar-refractivity contribution is -0.169. The summed E-state index contributed by atoms with van der Waals surface area (Å²) in [6.45, 7) is 3.76. The number of hydrogen-bond donors (Lipinski definition) is 0. The number of rotatable bonds is 2. The average molecular weight is 334 g/mol. The molecule has 2 aromatic carbocycles. The Morgan fingerprint density at radius 2 is 0.840 bits per heavy atom. The molecular weight excluding hydrogens is 320 g/mol. The summed E-state index contributed by atoms with van der Waals surface area (Å²) in [6, 6.07) is 13.5. The van der Waals surface area contributed by atoms with Gasteiger partial charge in [0.1, 0.15) is 0 Å². The molecule has 2 fully saturated rings. The van der Waals surface area contributed by atoms with Gasteiger partial charge in [-0.1, -0.05) is 35.4 Å². The zero-order valence-electron chi connectivity index (χ0n) is 13.6. The Labute approximate surface area is 143 Å². The SMILES string of the molecule is Cc1ccc(N2C(=O)C3(C2=O)C(=O)N(c2ccc(C)cc2)C3=O)cc1. The zero-order valence-corrected chi connectivity index (χ0v) is 13.6. The highest BCUT2D eigenvalue weighted by molar-refractivity contribution is 6.64. The standard InChI is InChI=1S/C19H14N2O4/c1-11-3-7-13(8-4-11)20-15(22)19(16(20)23)17(24)21(18(19)25)14-9-5-12(2)6-10-14/h3-10H,1-2H3. The van der Waals surface area contributed by atoms with Gasteiger partial charge in [0.05, 0.1) is 11.4 Å². The number of aryl methyl sites for hydroxylation is 2. The Morgan fingerprint density at radius 3 is 1.12 bits per heavy atom. The van der Waals surface area contributed by atoms with Crippen LogP contribution in [0.25, 0.3) is 0 Å². The van der Waals surface area contributed by atoms with E-state index in [1.54, 1.807) is 48.5 Å². The molecule has 124 valence electrons. The molecule has 1 spiro atoms. The minimum atomic E-state index is -2.18. The molecule has 0 bridgehead atoms. The maximum Gasteiger partial charge on any atom is 0.286 e. The topological polar surface area (TPSA) is 74.8 Å². The van der Waals surface area contributed by atoms with Crippen molar-refractivity contribution in [3.05, 3.63) is 59.7 Å². The quantitative estimate of drug-likeness (QED) is 0.619. The number of amides is 4. The van der Waals surface area contributed by atoms with Crippen LogP contribution < -0.4 is 9.80 Å². The number of carbonyl (C=O) groups is 4. The van der Waals surface area contributed by atoms with Crippen LogP contribution in [-0.2, 0) is 19.2 Å². The lowest BCUT2D eigenvalue weighted by atomic mass is 9.68. The molecule has 2 aliphatic heterocycles. The lowest BCUT2D eigenvalue weighted by Crippen LogP contribution is -2.84. The van der Waals surface area contributed by atoms with E-state index in [1.165, 1.54) is 0 Å². The second kappa shape index (κ2) is 4.86. The molecule has 0 atom stereocenters. The normalized spacial score (nSPS) is 18.5. The molecule has 0 unspecified atom stereocenters. The molecule has 6 heteroatoms. The number of β-lactam (4-membered cyclic amide) rings is 4. The highest BCUT2D eigenvalue weighted by atomic mass is 16.2. The third-order valence-electron chi connectivity index (χ3n) is 4.68. The van der Waals surface area contributed by atoms with Crippen molar-refractivity contribution in [3.8, 4) is 0 Å². The lowest BCUT2D eigenvalue weighted by Gasteiger charge is -2.52. The Balaban J connectivity index is 1.64. The van der Waals surface area contributed by atoms with Crippen molar-refractivity contribution in [2.75, 3.05) is 9.80 Å². The molecule has 4 amide bonds. The van der Waals surface area contributed by atoms with Gasteiger partial charge < -0.3 is 0 Å². The van der Waals surface area contributed by atoms with Crippen molar-refractivity contribution in [1.29, 1.82) is 0 Å². The molecule has 2 aromatic rings. The van der Waals surface area contributed by atoms with Gasteiger partial charge in [-0.3, -0.25) is 19.2 Å². The maximum atomic E-state index is 12.6. The molecule has 0 saturated carbocycles. The molecule has 2 saturated heterocycles. The molecule has 25 heavy (non-hydrogen) atoms. The zero-order chi connectivity index (χ0) is 17.9. The summed E-state index contributed by atoms with van der Waals surface area (Å²) < 4.78 is 0. The monoisotopic (exact) mass is 334 g/mol. The van der Waals surface area contributed by atoms with Crippen LogP contribution in [0, 0.1) is 19.3 Å². The van der Waals surface area contributed by atoms with Gasteiger partial charge in [0, 0.05) is 0 Å². The number of anilines is 2. The molecular formula is C19H14N2O4. The van der Waals surface area contributed by atoms with Gasteiger partial charge in [-0.15, -0.1) is 0 Å². The van der Waals surface area contributed by atoms with Crippen LogP contribution in [0.4, 0.5) is 11.4 Å². The van der Waals surface area contributed by atoms with Gasteiger partial charge in [-0.25, -0.2) is 9.80 Å². The second-order valence-electron chi connectivity index (χ2n) is 6.31. The molecule has 0 N–H and O–H groups in total. The second-order valence-corrected chi connectivity index (χ2v) is 6.31. The summed E-state index contributed by atoms with van der Waals surface area (Å²) >= 11 is 0. The largest absolute Gasteiger partial charge is 0.286 e. The van der Waals surface area contributed by atoms with Gasteiger partial charge in [-0.2, -0.15) is 0 Å². The van der Waals surface area contributed by atoms with Crippen LogP contribution in [-0.4, -0.2) is 23.6 Å². The first-order chi connectivity index (χ1) is 11.9. The highest BCUT2D eigenvalue weighted by Crippen LogP contribution is 2.48. The van der Waals surface area contributed by atoms with E-state index in [9.17, 15) is 19.2 Å². The highest BCUT2D eigenvalue weighted by Gasteiger charge is 2.80. The van der Waals surface area contributed by atoms with E-state index in [4.69, 9.17) is 0 Å². The molecule has 0 aromatic heterocycles. The molecule has 6 nitrogen and oxygen atoms in total. The molecule has 0 aliphatic carbocycles. The Hall–Kier alpha value is -3.28. The van der Waals surface area contributed by atoms with Crippen LogP contribution in [0.15, 0.2) is 48.5 Å². The van der Waals surface area contributed by atoms with E-state index in [0.717, 1.165) is 20.9 Å². The van der Waals surface area contributed by atoms with Gasteiger partial charge in [0.2, 0.25) is 0 Å². The van der Waals surface area contributed by atoms with Crippen molar-refractivity contribution in [2.24, 2.45) is 5.41 Å². The Morgan fingerprint density at radius 1 is 0.560 bits per heavy atom. The van der Waals surface area contributed by atoms with E-state index in [2.05, 4.69) is 0 Å². The van der Waals surface area contributed by atoms with Crippen molar-refractivity contribution in [1.82, 2.24) is 0 Å². The molecule has 2 heterocycles. The van der Waals surface area contributed by atoms with E-state index < -0.39 is 29.0 Å². The molecule has 2 aliphatic rings. The van der Waals surface area contributed by atoms with E-state index >= 15 is 0 Å². The van der Waals surface area contributed by atoms with E-state index in [0.29, 0.717) is 11.4 Å². The Kier molecular flexibility index (Phi) is 2.97. The van der Waals surface area contributed by atoms with Crippen LogP contribution in [0.2, 0.25) is 0 Å². The summed E-state index contributed by atoms with van der Waals surface area (Å²) in [4.78, 5) is 52.0. The Bertz CT molecular complexity index is 829. The van der Waals surface area contributed by atoms with Gasteiger partial charge in [0.25, 0.3) is 29.0 Å². The van der Waals surface area contributed by atoms with Gasteiger partial charge >= 0.3 is 0 Å². The third kappa shape index (κ3) is 1.73. The number of carbonyl (C=O) groups excluding carboxylic acids is 4. The first kappa shape index (κ1) is 15.3. The predicted octanol–water partition coefficient (Wildman–Crippen LogP) is 1.74. The van der Waals surface area contributed by atoms with Crippen LogP contribution in [0.3, 0.4) is 0 Å².